The number of hydrogen-bond acceptors (Lipinski definition) is 7. The molecule has 13 heteroatoms. The number of halogens is 2. The Labute approximate surface area is 297 Å². The number of ether oxygens (including phenoxy) is 1. The molecule has 1 amide bonds. The number of alkyl halides is 2. The van der Waals surface area contributed by atoms with Crippen molar-refractivity contribution >= 4 is 29.2 Å². The summed E-state index contributed by atoms with van der Waals surface area (Å²) in [6, 6.07) is 13.9. The molecule has 8 rings (SSSR count). The van der Waals surface area contributed by atoms with E-state index in [0.29, 0.717) is 26.2 Å². The first-order valence-electron chi connectivity index (χ1n) is 16.2. The van der Waals surface area contributed by atoms with Crippen LogP contribution in [0.2, 0.25) is 5.02 Å². The molecule has 2 saturated heterocycles. The number of rotatable bonds is 8. The number of anilines is 1. The Kier molecular flexibility index (Phi) is 7.95. The first-order chi connectivity index (χ1) is 23.6. The zero-order valence-electron chi connectivity index (χ0n) is 27.1. The Bertz CT molecular complexity index is 2180. The molecule has 4 aromatic rings. The minimum atomic E-state index is -0.680. The fourth-order valence-electron chi connectivity index (χ4n) is 7.96. The van der Waals surface area contributed by atoms with Gasteiger partial charge in [0.25, 0.3) is 0 Å². The summed E-state index contributed by atoms with van der Waals surface area (Å²) in [5.74, 6) is -0.422. The van der Waals surface area contributed by atoms with E-state index in [1.54, 1.807) is 7.11 Å². The van der Waals surface area contributed by atoms with Gasteiger partial charge in [0.05, 0.1) is 5.92 Å². The van der Waals surface area contributed by atoms with E-state index < -0.39 is 23.1 Å². The van der Waals surface area contributed by atoms with Crippen LogP contribution in [0.3, 0.4) is 0 Å². The Hall–Kier alpha value is -4.01. The molecule has 2 aliphatic carbocycles. The molecule has 0 bridgehead atoms. The maximum absolute atomic E-state index is 13.4. The van der Waals surface area contributed by atoms with E-state index in [-0.39, 0.29) is 50.6 Å². The quantitative estimate of drug-likeness (QED) is 0.200. The van der Waals surface area contributed by atoms with Gasteiger partial charge in [-0.05, 0) is 11.8 Å². The second-order valence-corrected chi connectivity index (χ2v) is 16.9. The number of methoxy groups -OCH3 is 1. The summed E-state index contributed by atoms with van der Waals surface area (Å²) in [4.78, 5) is 57.3. The summed E-state index contributed by atoms with van der Waals surface area (Å²) in [5, 5.41) is 13.0. The van der Waals surface area contributed by atoms with E-state index in [4.69, 9.17) is 21.3 Å². The molecular weight excluding hydrogens is 761 g/mol. The molecule has 2 aromatic heterocycles. The van der Waals surface area contributed by atoms with Crippen LogP contribution >= 0.6 is 11.6 Å². The SMILES string of the molecule is COc1nc(-c2cccc(-c3cccc(NC(=O)c4cn(C)c(=O)n(C)c4=O)c3C3C[I-]3)c2Cl)cc2c1[C@@H](N1CC3C(C(=O)O)[C@@H]3C1)CC2. The second kappa shape index (κ2) is 12.1. The zero-order chi connectivity index (χ0) is 34.3. The number of fused-ring (bicyclic) bond motifs is 2. The van der Waals surface area contributed by atoms with Crippen LogP contribution < -0.4 is 42.5 Å². The molecule has 0 spiro atoms. The first kappa shape index (κ1) is 32.2. The van der Waals surface area contributed by atoms with Crippen molar-refractivity contribution in [1.82, 2.24) is 19.0 Å². The number of nitrogens with zero attached hydrogens (tertiary/aromatic N) is 4. The van der Waals surface area contributed by atoms with Gasteiger partial charge in [-0.3, -0.25) is 4.79 Å². The Balaban J connectivity index is 1.12. The number of carboxylic acids is 1. The maximum atomic E-state index is 13.4. The van der Waals surface area contributed by atoms with E-state index in [2.05, 4.69) is 16.3 Å². The summed E-state index contributed by atoms with van der Waals surface area (Å²) in [6.07, 6.45) is 3.07. The van der Waals surface area contributed by atoms with Crippen molar-refractivity contribution in [1.29, 1.82) is 0 Å². The monoisotopic (exact) mass is 794 g/mol. The van der Waals surface area contributed by atoms with Crippen molar-refractivity contribution in [3.8, 4) is 28.3 Å². The third-order valence-corrected chi connectivity index (χ3v) is 13.3. The van der Waals surface area contributed by atoms with Gasteiger partial charge >= 0.3 is 258 Å². The van der Waals surface area contributed by atoms with Gasteiger partial charge in [-0.25, -0.2) is 0 Å². The predicted octanol–water partition coefficient (Wildman–Crippen LogP) is 1.12. The second-order valence-electron chi connectivity index (χ2n) is 13.3. The van der Waals surface area contributed by atoms with E-state index in [0.717, 1.165) is 62.7 Å². The standard InChI is InChI=1S/C36H34ClIN5O6/c1-41-14-23(34(45)42(2)36(41)48)32(44)39-25-9-5-6-18(30(25)24-13-38-24)19-7-4-8-20(31(19)37)26-12-17-10-11-27(28(17)33(40-26)49-3)43-15-21-22(16-43)29(21)35(46)47/h4-9,12,14,21-22,24,27,29H,10-11,13,15-16H2,1-3H3,(H,39,44)(H,46,47)/q-1/t21-,22?,24?,27+,29?/m1/s1. The molecule has 11 nitrogen and oxygen atoms in total. The number of carboxylic acid groups (broad SMARTS) is 1. The minimum absolute atomic E-state index is 0.0881. The summed E-state index contributed by atoms with van der Waals surface area (Å²) in [6.45, 7) is 1.58. The molecule has 4 aliphatic rings. The van der Waals surface area contributed by atoms with Gasteiger partial charge < -0.3 is 5.11 Å². The van der Waals surface area contributed by atoms with Crippen molar-refractivity contribution in [2.75, 3.05) is 29.9 Å². The van der Waals surface area contributed by atoms with E-state index in [1.807, 2.05) is 36.4 Å². The molecule has 3 fully saturated rings. The van der Waals surface area contributed by atoms with Crippen LogP contribution in [0.15, 0.2) is 58.3 Å². The van der Waals surface area contributed by atoms with E-state index in [9.17, 15) is 24.3 Å². The van der Waals surface area contributed by atoms with Crippen LogP contribution in [0.4, 0.5) is 5.69 Å². The Morgan fingerprint density at radius 1 is 1.04 bits per heavy atom. The number of hydrogen-bond donors (Lipinski definition) is 2. The summed E-state index contributed by atoms with van der Waals surface area (Å²) >= 11 is 7.16. The normalized spacial score (nSPS) is 23.7. The molecule has 1 saturated carbocycles. The van der Waals surface area contributed by atoms with Gasteiger partial charge in [-0.15, -0.1) is 0 Å². The molecule has 5 atom stereocenters. The molecule has 2 N–H and O–H groups in total. The Morgan fingerprint density at radius 2 is 1.73 bits per heavy atom. The topological polar surface area (TPSA) is 136 Å². The van der Waals surface area contributed by atoms with Gasteiger partial charge in [-0.1, -0.05) is 0 Å². The van der Waals surface area contributed by atoms with Crippen molar-refractivity contribution in [2.45, 2.75) is 22.8 Å². The summed E-state index contributed by atoms with van der Waals surface area (Å²) in [7, 11) is 4.50. The van der Waals surface area contributed by atoms with E-state index >= 15 is 0 Å². The van der Waals surface area contributed by atoms with Gasteiger partial charge in [0.1, 0.15) is 0 Å². The van der Waals surface area contributed by atoms with Crippen molar-refractivity contribution in [3.05, 3.63) is 96.8 Å². The molecular formula is C36H34ClIN5O6-. The molecule has 254 valence electrons. The average molecular weight is 795 g/mol. The third-order valence-electron chi connectivity index (χ3n) is 10.5. The molecule has 49 heavy (non-hydrogen) atoms. The number of pyridine rings is 1. The van der Waals surface area contributed by atoms with Crippen LogP contribution in [0.5, 0.6) is 5.88 Å². The summed E-state index contributed by atoms with van der Waals surface area (Å²) < 4.78 is 9.42. The number of aromatic nitrogens is 3. The number of carbonyl (C=O) groups is 2. The number of amides is 1. The fourth-order valence-corrected chi connectivity index (χ4v) is 10.1. The molecule has 3 unspecified atom stereocenters. The molecule has 2 aromatic carbocycles. The van der Waals surface area contributed by atoms with Crippen molar-refractivity contribution in [3.63, 3.8) is 0 Å². The third kappa shape index (κ3) is 5.39. The van der Waals surface area contributed by atoms with Crippen LogP contribution in [0.1, 0.15) is 43.4 Å². The number of aliphatic carboxylic acids is 1. The van der Waals surface area contributed by atoms with Crippen LogP contribution in [0.25, 0.3) is 22.4 Å². The van der Waals surface area contributed by atoms with Crippen LogP contribution in [-0.2, 0) is 25.3 Å². The van der Waals surface area contributed by atoms with Crippen molar-refractivity contribution in [2.24, 2.45) is 31.8 Å². The molecule has 4 heterocycles. The Morgan fingerprint density at radius 3 is 2.43 bits per heavy atom. The van der Waals surface area contributed by atoms with Gasteiger partial charge in [0.15, 0.2) is 0 Å². The number of aryl methyl sites for hydroxylation is 2. The zero-order valence-corrected chi connectivity index (χ0v) is 30.0. The van der Waals surface area contributed by atoms with Gasteiger partial charge in [0, 0.05) is 13.1 Å². The number of nitrogens with one attached hydrogen (secondary N) is 1. The average Bonchev–Trinajstić information content (AvgIpc) is 3.96. The molecule has 0 radical (unpaired) electrons. The molecule has 2 aliphatic heterocycles. The van der Waals surface area contributed by atoms with Gasteiger partial charge in [0.2, 0.25) is 0 Å². The number of carbonyl (C=O) groups excluding carboxylic acids is 1. The van der Waals surface area contributed by atoms with Gasteiger partial charge in [-0.2, -0.15) is 0 Å². The van der Waals surface area contributed by atoms with E-state index in [1.165, 1.54) is 30.4 Å². The van der Waals surface area contributed by atoms with Crippen LogP contribution in [-0.4, -0.2) is 60.6 Å². The first-order valence-corrected chi connectivity index (χ1v) is 19.3. The fraction of sp³-hybridized carbons (Fsp3) is 0.361. The number of likely N-dealkylation sites (tertiary alicyclic amines) is 1. The summed E-state index contributed by atoms with van der Waals surface area (Å²) in [5.41, 5.74) is 5.84. The number of benzene rings is 2. The van der Waals surface area contributed by atoms with Crippen LogP contribution in [0, 0.1) is 17.8 Å². The predicted molar refractivity (Wildman–Crippen MR) is 180 cm³/mol. The van der Waals surface area contributed by atoms with Crippen molar-refractivity contribution < 1.29 is 40.6 Å². The number of piperidine rings is 1.